The highest BCUT2D eigenvalue weighted by molar-refractivity contribution is 7.99. The molecule has 4 heteroatoms. The SMILES string of the molecule is CCC(C)SCC(N)Cc1ccn(C(CC)CC)n1. The summed E-state index contributed by atoms with van der Waals surface area (Å²) in [6.45, 7) is 8.91. The van der Waals surface area contributed by atoms with Crippen LogP contribution in [0.1, 0.15) is 58.7 Å². The standard InChI is InChI=1S/C15H29N3S/c1-5-12(4)19-11-13(16)10-14-8-9-18(17-14)15(6-2)7-3/h8-9,12-13,15H,5-7,10-11,16H2,1-4H3. The Bertz CT molecular complexity index is 347. The molecule has 2 N–H and O–H groups in total. The van der Waals surface area contributed by atoms with Gasteiger partial charge in [-0.2, -0.15) is 16.9 Å². The molecular weight excluding hydrogens is 254 g/mol. The Hall–Kier alpha value is -0.480. The van der Waals surface area contributed by atoms with Gasteiger partial charge in [0, 0.05) is 29.7 Å². The third kappa shape index (κ3) is 5.57. The van der Waals surface area contributed by atoms with Crippen LogP contribution in [-0.2, 0) is 6.42 Å². The molecule has 1 aromatic rings. The van der Waals surface area contributed by atoms with Crippen molar-refractivity contribution in [1.29, 1.82) is 0 Å². The molecule has 0 aliphatic carbocycles. The van der Waals surface area contributed by atoms with Gasteiger partial charge in [-0.1, -0.05) is 27.7 Å². The highest BCUT2D eigenvalue weighted by Crippen LogP contribution is 2.17. The van der Waals surface area contributed by atoms with Crippen molar-refractivity contribution in [2.75, 3.05) is 5.75 Å². The van der Waals surface area contributed by atoms with E-state index in [2.05, 4.69) is 49.7 Å². The molecule has 0 bridgehead atoms. The average Bonchev–Trinajstić information content (AvgIpc) is 2.85. The molecule has 110 valence electrons. The number of aromatic nitrogens is 2. The largest absolute Gasteiger partial charge is 0.327 e. The Balaban J connectivity index is 2.44. The van der Waals surface area contributed by atoms with E-state index in [9.17, 15) is 0 Å². The van der Waals surface area contributed by atoms with Gasteiger partial charge in [0.15, 0.2) is 0 Å². The van der Waals surface area contributed by atoms with Crippen LogP contribution in [0.4, 0.5) is 0 Å². The van der Waals surface area contributed by atoms with Crippen LogP contribution in [0.2, 0.25) is 0 Å². The molecule has 0 aliphatic rings. The summed E-state index contributed by atoms with van der Waals surface area (Å²) in [5.41, 5.74) is 7.32. The zero-order chi connectivity index (χ0) is 14.3. The Morgan fingerprint density at radius 2 is 1.95 bits per heavy atom. The molecular formula is C15H29N3S. The van der Waals surface area contributed by atoms with E-state index in [0.29, 0.717) is 11.3 Å². The number of nitrogens with zero attached hydrogens (tertiary/aromatic N) is 2. The third-order valence-electron chi connectivity index (χ3n) is 3.62. The molecule has 0 saturated carbocycles. The fourth-order valence-corrected chi connectivity index (χ4v) is 3.01. The summed E-state index contributed by atoms with van der Waals surface area (Å²) in [7, 11) is 0. The normalized spacial score (nSPS) is 14.8. The van der Waals surface area contributed by atoms with E-state index < -0.39 is 0 Å². The lowest BCUT2D eigenvalue weighted by molar-refractivity contribution is 0.424. The van der Waals surface area contributed by atoms with Gasteiger partial charge in [0.25, 0.3) is 0 Å². The maximum absolute atomic E-state index is 6.19. The van der Waals surface area contributed by atoms with Crippen LogP contribution >= 0.6 is 11.8 Å². The van der Waals surface area contributed by atoms with E-state index in [4.69, 9.17) is 5.73 Å². The van der Waals surface area contributed by atoms with Crippen molar-refractivity contribution in [2.24, 2.45) is 5.73 Å². The van der Waals surface area contributed by atoms with E-state index in [1.165, 1.54) is 6.42 Å². The average molecular weight is 283 g/mol. The van der Waals surface area contributed by atoms with Crippen LogP contribution in [0.25, 0.3) is 0 Å². The first kappa shape index (κ1) is 16.6. The van der Waals surface area contributed by atoms with Gasteiger partial charge in [-0.05, 0) is 25.3 Å². The first-order chi connectivity index (χ1) is 9.10. The number of rotatable bonds is 9. The second-order valence-electron chi connectivity index (χ2n) is 5.27. The molecule has 2 unspecified atom stereocenters. The summed E-state index contributed by atoms with van der Waals surface area (Å²) in [5.74, 6) is 1.02. The lowest BCUT2D eigenvalue weighted by Gasteiger charge is -2.14. The fourth-order valence-electron chi connectivity index (χ4n) is 2.09. The summed E-state index contributed by atoms with van der Waals surface area (Å²) in [6, 6.07) is 2.86. The molecule has 2 atom stereocenters. The Morgan fingerprint density at radius 1 is 1.26 bits per heavy atom. The molecule has 0 amide bonds. The number of thioether (sulfide) groups is 1. The summed E-state index contributed by atoms with van der Waals surface area (Å²) in [4.78, 5) is 0. The van der Waals surface area contributed by atoms with Crippen molar-refractivity contribution in [3.05, 3.63) is 18.0 Å². The van der Waals surface area contributed by atoms with Crippen LogP contribution < -0.4 is 5.73 Å². The topological polar surface area (TPSA) is 43.8 Å². The molecule has 1 aromatic heterocycles. The van der Waals surface area contributed by atoms with E-state index >= 15 is 0 Å². The van der Waals surface area contributed by atoms with Crippen LogP contribution in [0.3, 0.4) is 0 Å². The number of hydrogen-bond donors (Lipinski definition) is 1. The van der Waals surface area contributed by atoms with Crippen molar-refractivity contribution in [3.8, 4) is 0 Å². The molecule has 3 nitrogen and oxygen atoms in total. The second-order valence-corrected chi connectivity index (χ2v) is 6.75. The Kier molecular flexibility index (Phi) is 7.54. The van der Waals surface area contributed by atoms with Gasteiger partial charge in [0.2, 0.25) is 0 Å². The van der Waals surface area contributed by atoms with Gasteiger partial charge in [0.1, 0.15) is 0 Å². The van der Waals surface area contributed by atoms with Gasteiger partial charge < -0.3 is 5.73 Å². The summed E-state index contributed by atoms with van der Waals surface area (Å²) in [6.07, 6.45) is 6.46. The van der Waals surface area contributed by atoms with Gasteiger partial charge in [0.05, 0.1) is 11.7 Å². The minimum absolute atomic E-state index is 0.212. The van der Waals surface area contributed by atoms with Crippen molar-refractivity contribution in [1.82, 2.24) is 9.78 Å². The Morgan fingerprint density at radius 3 is 2.53 bits per heavy atom. The quantitative estimate of drug-likeness (QED) is 0.752. The van der Waals surface area contributed by atoms with E-state index in [0.717, 1.165) is 30.7 Å². The highest BCUT2D eigenvalue weighted by atomic mass is 32.2. The minimum atomic E-state index is 0.212. The monoisotopic (exact) mass is 283 g/mol. The molecule has 0 aromatic carbocycles. The van der Waals surface area contributed by atoms with Crippen molar-refractivity contribution < 1.29 is 0 Å². The fraction of sp³-hybridized carbons (Fsp3) is 0.800. The predicted octanol–water partition coefficient (Wildman–Crippen LogP) is 3.65. The maximum Gasteiger partial charge on any atom is 0.0640 e. The molecule has 0 fully saturated rings. The van der Waals surface area contributed by atoms with Gasteiger partial charge in [-0.3, -0.25) is 4.68 Å². The van der Waals surface area contributed by atoms with E-state index in [1.807, 2.05) is 11.8 Å². The first-order valence-electron chi connectivity index (χ1n) is 7.51. The third-order valence-corrected chi connectivity index (χ3v) is 5.14. The minimum Gasteiger partial charge on any atom is -0.327 e. The van der Waals surface area contributed by atoms with Gasteiger partial charge >= 0.3 is 0 Å². The number of hydrogen-bond acceptors (Lipinski definition) is 3. The summed E-state index contributed by atoms with van der Waals surface area (Å²) >= 11 is 1.97. The lowest BCUT2D eigenvalue weighted by Crippen LogP contribution is -2.26. The second kappa shape index (κ2) is 8.64. The molecule has 0 aliphatic heterocycles. The summed E-state index contributed by atoms with van der Waals surface area (Å²) in [5, 5.41) is 5.37. The molecule has 0 spiro atoms. The zero-order valence-electron chi connectivity index (χ0n) is 12.8. The Labute approximate surface area is 122 Å². The highest BCUT2D eigenvalue weighted by Gasteiger charge is 2.11. The maximum atomic E-state index is 6.19. The van der Waals surface area contributed by atoms with Crippen molar-refractivity contribution >= 4 is 11.8 Å². The van der Waals surface area contributed by atoms with Crippen LogP contribution in [-0.4, -0.2) is 26.8 Å². The van der Waals surface area contributed by atoms with Crippen LogP contribution in [0.5, 0.6) is 0 Å². The van der Waals surface area contributed by atoms with Crippen LogP contribution in [0, 0.1) is 0 Å². The summed E-state index contributed by atoms with van der Waals surface area (Å²) < 4.78 is 2.10. The van der Waals surface area contributed by atoms with Crippen molar-refractivity contribution in [2.45, 2.75) is 70.7 Å². The number of nitrogens with two attached hydrogens (primary N) is 1. The zero-order valence-corrected chi connectivity index (χ0v) is 13.6. The predicted molar refractivity (Wildman–Crippen MR) is 85.7 cm³/mol. The molecule has 0 radical (unpaired) electrons. The van der Waals surface area contributed by atoms with E-state index in [-0.39, 0.29) is 6.04 Å². The lowest BCUT2D eigenvalue weighted by atomic mass is 10.2. The van der Waals surface area contributed by atoms with Crippen LogP contribution in [0.15, 0.2) is 12.3 Å². The molecule has 1 rings (SSSR count). The smallest absolute Gasteiger partial charge is 0.0640 e. The van der Waals surface area contributed by atoms with Crippen molar-refractivity contribution in [3.63, 3.8) is 0 Å². The van der Waals surface area contributed by atoms with Gasteiger partial charge in [-0.25, -0.2) is 0 Å². The molecule has 0 saturated heterocycles. The first-order valence-corrected chi connectivity index (χ1v) is 8.56. The molecule has 19 heavy (non-hydrogen) atoms. The molecule has 1 heterocycles. The van der Waals surface area contributed by atoms with Gasteiger partial charge in [-0.15, -0.1) is 0 Å². The van der Waals surface area contributed by atoms with E-state index in [1.54, 1.807) is 0 Å².